The third kappa shape index (κ3) is 4.22. The second kappa shape index (κ2) is 7.51. The summed E-state index contributed by atoms with van der Waals surface area (Å²) in [7, 11) is 1.71. The van der Waals surface area contributed by atoms with E-state index in [4.69, 9.17) is 10.5 Å². The highest BCUT2D eigenvalue weighted by molar-refractivity contribution is 5.31. The number of ether oxygens (including phenoxy) is 1. The molecule has 0 amide bonds. The summed E-state index contributed by atoms with van der Waals surface area (Å²) in [5.74, 6) is 1.33. The van der Waals surface area contributed by atoms with Gasteiger partial charge in [0.15, 0.2) is 0 Å². The molecule has 0 bridgehead atoms. The third-order valence-corrected chi connectivity index (χ3v) is 4.03. The van der Waals surface area contributed by atoms with Gasteiger partial charge in [0.05, 0.1) is 7.11 Å². The first-order chi connectivity index (χ1) is 9.33. The molecule has 0 saturated carbocycles. The average Bonchev–Trinajstić information content (AvgIpc) is 2.73. The van der Waals surface area contributed by atoms with E-state index in [2.05, 4.69) is 23.1 Å². The Morgan fingerprint density at radius 2 is 1.95 bits per heavy atom. The Morgan fingerprint density at radius 1 is 1.21 bits per heavy atom. The first kappa shape index (κ1) is 14.4. The van der Waals surface area contributed by atoms with Crippen molar-refractivity contribution in [2.24, 2.45) is 5.73 Å². The summed E-state index contributed by atoms with van der Waals surface area (Å²) in [5, 5.41) is 0. The summed E-state index contributed by atoms with van der Waals surface area (Å²) >= 11 is 0. The third-order valence-electron chi connectivity index (χ3n) is 4.03. The van der Waals surface area contributed by atoms with E-state index in [1.165, 1.54) is 44.3 Å². The molecule has 0 aromatic heterocycles. The molecule has 1 heterocycles. The lowest BCUT2D eigenvalue weighted by Crippen LogP contribution is -2.32. The fraction of sp³-hybridized carbons (Fsp3) is 0.625. The summed E-state index contributed by atoms with van der Waals surface area (Å²) in [4.78, 5) is 2.57. The lowest BCUT2D eigenvalue weighted by atomic mass is 9.98. The molecule has 2 rings (SSSR count). The number of benzene rings is 1. The fourth-order valence-corrected chi connectivity index (χ4v) is 2.84. The van der Waals surface area contributed by atoms with Gasteiger partial charge in [-0.1, -0.05) is 25.0 Å². The Hall–Kier alpha value is -1.06. The molecule has 1 aromatic rings. The summed E-state index contributed by atoms with van der Waals surface area (Å²) in [5.41, 5.74) is 7.28. The monoisotopic (exact) mass is 262 g/mol. The predicted molar refractivity (Wildman–Crippen MR) is 79.7 cm³/mol. The van der Waals surface area contributed by atoms with E-state index in [9.17, 15) is 0 Å². The number of likely N-dealkylation sites (tertiary alicyclic amines) is 1. The van der Waals surface area contributed by atoms with Gasteiger partial charge in [-0.3, -0.25) is 0 Å². The maximum absolute atomic E-state index is 5.99. The molecule has 1 saturated heterocycles. The van der Waals surface area contributed by atoms with Gasteiger partial charge in [-0.05, 0) is 43.6 Å². The van der Waals surface area contributed by atoms with Crippen LogP contribution in [0.2, 0.25) is 0 Å². The first-order valence-electron chi connectivity index (χ1n) is 7.40. The quantitative estimate of drug-likeness (QED) is 0.886. The van der Waals surface area contributed by atoms with E-state index in [0.29, 0.717) is 12.5 Å². The second-order valence-corrected chi connectivity index (χ2v) is 5.42. The Labute approximate surface area is 116 Å². The molecule has 106 valence electrons. The van der Waals surface area contributed by atoms with E-state index >= 15 is 0 Å². The van der Waals surface area contributed by atoms with Crippen molar-refractivity contribution in [1.29, 1.82) is 0 Å². The minimum absolute atomic E-state index is 0.410. The Bertz CT molecular complexity index is 373. The molecule has 1 fully saturated rings. The van der Waals surface area contributed by atoms with Gasteiger partial charge in [0.1, 0.15) is 5.75 Å². The van der Waals surface area contributed by atoms with Crippen LogP contribution < -0.4 is 10.5 Å². The minimum Gasteiger partial charge on any atom is -0.497 e. The van der Waals surface area contributed by atoms with Crippen LogP contribution in [-0.4, -0.2) is 38.2 Å². The molecule has 1 atom stereocenters. The van der Waals surface area contributed by atoms with E-state index < -0.39 is 0 Å². The maximum atomic E-state index is 5.99. The molecule has 1 unspecified atom stereocenters. The van der Waals surface area contributed by atoms with E-state index in [1.807, 2.05) is 6.07 Å². The molecule has 0 radical (unpaired) electrons. The standard InChI is InChI=1S/C16H26N2O/c1-19-16-8-6-7-14(11-16)15(12-17)13-18-9-4-2-3-5-10-18/h6-8,11,15H,2-5,9-10,12-13,17H2,1H3. The topological polar surface area (TPSA) is 38.5 Å². The molecule has 1 aliphatic rings. The number of hydrogen-bond acceptors (Lipinski definition) is 3. The van der Waals surface area contributed by atoms with Crippen LogP contribution in [0, 0.1) is 0 Å². The summed E-state index contributed by atoms with van der Waals surface area (Å²) < 4.78 is 5.31. The van der Waals surface area contributed by atoms with Crippen LogP contribution in [-0.2, 0) is 0 Å². The van der Waals surface area contributed by atoms with Crippen molar-refractivity contribution >= 4 is 0 Å². The SMILES string of the molecule is COc1cccc(C(CN)CN2CCCCCC2)c1. The van der Waals surface area contributed by atoms with Crippen molar-refractivity contribution in [3.05, 3.63) is 29.8 Å². The van der Waals surface area contributed by atoms with Crippen LogP contribution in [0.15, 0.2) is 24.3 Å². The number of rotatable bonds is 5. The largest absolute Gasteiger partial charge is 0.497 e. The number of nitrogens with zero attached hydrogens (tertiary/aromatic N) is 1. The molecular weight excluding hydrogens is 236 g/mol. The molecule has 1 aromatic carbocycles. The zero-order chi connectivity index (χ0) is 13.5. The van der Waals surface area contributed by atoms with Gasteiger partial charge in [0.25, 0.3) is 0 Å². The van der Waals surface area contributed by atoms with Crippen molar-refractivity contribution < 1.29 is 4.74 Å². The second-order valence-electron chi connectivity index (χ2n) is 5.42. The van der Waals surface area contributed by atoms with Crippen LogP contribution in [0.3, 0.4) is 0 Å². The van der Waals surface area contributed by atoms with Gasteiger partial charge < -0.3 is 15.4 Å². The highest BCUT2D eigenvalue weighted by Crippen LogP contribution is 2.22. The zero-order valence-electron chi connectivity index (χ0n) is 12.0. The Kier molecular flexibility index (Phi) is 5.67. The average molecular weight is 262 g/mol. The van der Waals surface area contributed by atoms with E-state index in [0.717, 1.165) is 12.3 Å². The van der Waals surface area contributed by atoms with Crippen LogP contribution in [0.25, 0.3) is 0 Å². The number of nitrogens with two attached hydrogens (primary N) is 1. The maximum Gasteiger partial charge on any atom is 0.119 e. The zero-order valence-corrected chi connectivity index (χ0v) is 12.0. The fourth-order valence-electron chi connectivity index (χ4n) is 2.84. The summed E-state index contributed by atoms with van der Waals surface area (Å²) in [6, 6.07) is 8.33. The van der Waals surface area contributed by atoms with Crippen molar-refractivity contribution in [2.75, 3.05) is 33.3 Å². The van der Waals surface area contributed by atoms with E-state index in [1.54, 1.807) is 7.11 Å². The Morgan fingerprint density at radius 3 is 2.58 bits per heavy atom. The summed E-state index contributed by atoms with van der Waals surface area (Å²) in [6.45, 7) is 4.22. The molecule has 0 aliphatic carbocycles. The minimum atomic E-state index is 0.410. The van der Waals surface area contributed by atoms with Crippen molar-refractivity contribution in [2.45, 2.75) is 31.6 Å². The van der Waals surface area contributed by atoms with E-state index in [-0.39, 0.29) is 0 Å². The first-order valence-corrected chi connectivity index (χ1v) is 7.40. The Balaban J connectivity index is 2.01. The number of hydrogen-bond donors (Lipinski definition) is 1. The lowest BCUT2D eigenvalue weighted by molar-refractivity contribution is 0.267. The molecule has 1 aliphatic heterocycles. The lowest BCUT2D eigenvalue weighted by Gasteiger charge is -2.26. The normalized spacial score (nSPS) is 18.8. The van der Waals surface area contributed by atoms with Crippen LogP contribution in [0.5, 0.6) is 5.75 Å². The predicted octanol–water partition coefficient (Wildman–Crippen LogP) is 2.61. The number of methoxy groups -OCH3 is 1. The summed E-state index contributed by atoms with van der Waals surface area (Å²) in [6.07, 6.45) is 5.41. The van der Waals surface area contributed by atoms with Crippen LogP contribution in [0.4, 0.5) is 0 Å². The van der Waals surface area contributed by atoms with Crippen LogP contribution in [0.1, 0.15) is 37.2 Å². The molecule has 19 heavy (non-hydrogen) atoms. The van der Waals surface area contributed by atoms with Gasteiger partial charge in [-0.2, -0.15) is 0 Å². The smallest absolute Gasteiger partial charge is 0.119 e. The molecule has 2 N–H and O–H groups in total. The molecule has 3 nitrogen and oxygen atoms in total. The van der Waals surface area contributed by atoms with Gasteiger partial charge >= 0.3 is 0 Å². The van der Waals surface area contributed by atoms with Gasteiger partial charge in [-0.15, -0.1) is 0 Å². The van der Waals surface area contributed by atoms with Crippen LogP contribution >= 0.6 is 0 Å². The molecule has 0 spiro atoms. The molecule has 3 heteroatoms. The molecular formula is C16H26N2O. The van der Waals surface area contributed by atoms with Gasteiger partial charge in [0.2, 0.25) is 0 Å². The van der Waals surface area contributed by atoms with Crippen molar-refractivity contribution in [1.82, 2.24) is 4.90 Å². The highest BCUT2D eigenvalue weighted by atomic mass is 16.5. The van der Waals surface area contributed by atoms with Gasteiger partial charge in [-0.25, -0.2) is 0 Å². The van der Waals surface area contributed by atoms with Gasteiger partial charge in [0, 0.05) is 19.0 Å². The highest BCUT2D eigenvalue weighted by Gasteiger charge is 2.16. The van der Waals surface area contributed by atoms with Crippen molar-refractivity contribution in [3.8, 4) is 5.75 Å². The van der Waals surface area contributed by atoms with Crippen molar-refractivity contribution in [3.63, 3.8) is 0 Å².